The van der Waals surface area contributed by atoms with E-state index in [-0.39, 0.29) is 31.1 Å². The molecule has 0 aliphatic heterocycles. The molecule has 0 aliphatic carbocycles. The first-order valence-electron chi connectivity index (χ1n) is 30.7. The maximum Gasteiger partial charge on any atom is 0.306 e. The normalized spacial score (nSPS) is 12.8. The van der Waals surface area contributed by atoms with Gasteiger partial charge in [-0.05, 0) is 109 Å². The standard InChI is InChI=1S/C67H114O6/c1-4-7-10-13-16-19-22-24-25-26-27-28-29-30-31-32-33-34-35-36-37-38-39-40-41-43-45-48-51-54-57-60-66(69)72-63-64(62-71-65(68)59-56-53-50-47-44-21-18-15-12-9-6-3)73-67(70)61-58-55-52-49-46-42-23-20-17-14-11-8-5-2/h7,10-11,14-16,18-20,23-25,27-28,30-31,64H,4-6,8-9,12-13,17,21-22,26,29,32-63H2,1-3H3/b10-7-,14-11-,18-15-,19-16-,23-20-,25-24-,28-27-,31-30-. The van der Waals surface area contributed by atoms with Crippen LogP contribution in [-0.2, 0) is 28.6 Å². The van der Waals surface area contributed by atoms with Crippen molar-refractivity contribution >= 4 is 17.9 Å². The Kier molecular flexibility index (Phi) is 57.8. The maximum atomic E-state index is 12.8. The van der Waals surface area contributed by atoms with Crippen molar-refractivity contribution in [2.75, 3.05) is 13.2 Å². The van der Waals surface area contributed by atoms with Crippen LogP contribution in [-0.4, -0.2) is 37.2 Å². The molecule has 6 nitrogen and oxygen atoms in total. The van der Waals surface area contributed by atoms with Crippen molar-refractivity contribution in [3.63, 3.8) is 0 Å². The van der Waals surface area contributed by atoms with Gasteiger partial charge >= 0.3 is 17.9 Å². The summed E-state index contributed by atoms with van der Waals surface area (Å²) < 4.78 is 16.8. The van der Waals surface area contributed by atoms with Gasteiger partial charge in [0.2, 0.25) is 0 Å². The summed E-state index contributed by atoms with van der Waals surface area (Å²) in [5.74, 6) is -0.904. The molecule has 0 radical (unpaired) electrons. The summed E-state index contributed by atoms with van der Waals surface area (Å²) in [4.78, 5) is 38.1. The number of unbranched alkanes of at least 4 members (excludes halogenated alkanes) is 28. The first-order valence-corrected chi connectivity index (χ1v) is 30.7. The molecule has 0 spiro atoms. The third-order valence-corrected chi connectivity index (χ3v) is 13.0. The van der Waals surface area contributed by atoms with E-state index in [2.05, 4.69) is 118 Å². The molecule has 73 heavy (non-hydrogen) atoms. The lowest BCUT2D eigenvalue weighted by molar-refractivity contribution is -0.167. The highest BCUT2D eigenvalue weighted by Gasteiger charge is 2.19. The van der Waals surface area contributed by atoms with Gasteiger partial charge < -0.3 is 14.2 Å². The van der Waals surface area contributed by atoms with Gasteiger partial charge in [0.25, 0.3) is 0 Å². The van der Waals surface area contributed by atoms with Crippen LogP contribution in [0.2, 0.25) is 0 Å². The Hall–Kier alpha value is -3.67. The number of rotatable bonds is 55. The lowest BCUT2D eigenvalue weighted by Crippen LogP contribution is -2.30. The van der Waals surface area contributed by atoms with E-state index in [0.29, 0.717) is 19.3 Å². The average Bonchev–Trinajstić information content (AvgIpc) is 3.39. The zero-order chi connectivity index (χ0) is 52.9. The monoisotopic (exact) mass is 1010 g/mol. The molecule has 0 saturated heterocycles. The summed E-state index contributed by atoms with van der Waals surface area (Å²) in [6, 6.07) is 0. The topological polar surface area (TPSA) is 78.9 Å². The summed E-state index contributed by atoms with van der Waals surface area (Å²) in [6.07, 6.45) is 81.4. The van der Waals surface area contributed by atoms with E-state index in [1.807, 2.05) is 0 Å². The molecule has 0 heterocycles. The Balaban J connectivity index is 4.14. The summed E-state index contributed by atoms with van der Waals surface area (Å²) in [5.41, 5.74) is 0. The highest BCUT2D eigenvalue weighted by Crippen LogP contribution is 2.16. The van der Waals surface area contributed by atoms with E-state index >= 15 is 0 Å². The van der Waals surface area contributed by atoms with Crippen molar-refractivity contribution in [1.29, 1.82) is 0 Å². The molecule has 0 aromatic heterocycles. The van der Waals surface area contributed by atoms with E-state index < -0.39 is 6.10 Å². The summed E-state index contributed by atoms with van der Waals surface area (Å²) >= 11 is 0. The van der Waals surface area contributed by atoms with Crippen LogP contribution in [0.15, 0.2) is 97.2 Å². The van der Waals surface area contributed by atoms with Crippen molar-refractivity contribution in [3.8, 4) is 0 Å². The number of carbonyl (C=O) groups is 3. The Morgan fingerprint density at radius 2 is 0.562 bits per heavy atom. The lowest BCUT2D eigenvalue weighted by atomic mass is 10.0. The fourth-order valence-corrected chi connectivity index (χ4v) is 8.43. The molecule has 1 atom stereocenters. The molecular formula is C67H114O6. The van der Waals surface area contributed by atoms with E-state index in [9.17, 15) is 14.4 Å². The quantitative estimate of drug-likeness (QED) is 0.0261. The molecule has 0 saturated carbocycles. The minimum absolute atomic E-state index is 0.0842. The molecule has 0 amide bonds. The first-order chi connectivity index (χ1) is 36.0. The van der Waals surface area contributed by atoms with Crippen molar-refractivity contribution in [3.05, 3.63) is 97.2 Å². The zero-order valence-electron chi connectivity index (χ0n) is 47.9. The van der Waals surface area contributed by atoms with Crippen molar-refractivity contribution in [1.82, 2.24) is 0 Å². The van der Waals surface area contributed by atoms with Gasteiger partial charge in [0.05, 0.1) is 0 Å². The second kappa shape index (κ2) is 60.9. The maximum absolute atomic E-state index is 12.8. The molecule has 0 N–H and O–H groups in total. The summed E-state index contributed by atoms with van der Waals surface area (Å²) in [6.45, 7) is 6.41. The Morgan fingerprint density at radius 1 is 0.288 bits per heavy atom. The van der Waals surface area contributed by atoms with E-state index in [4.69, 9.17) is 14.2 Å². The number of hydrogen-bond donors (Lipinski definition) is 0. The number of esters is 3. The van der Waals surface area contributed by atoms with E-state index in [0.717, 1.165) is 128 Å². The average molecular weight is 1020 g/mol. The predicted octanol–water partition coefficient (Wildman–Crippen LogP) is 20.9. The SMILES string of the molecule is CC/C=C\C/C=C\C/C=C\C/C=C\C/C=C\CCCCCCCCCCCCCCCCCC(=O)OCC(COC(=O)CCCCCCC/C=C\CCCC)OC(=O)CCCCCCC/C=C\C/C=C\CCC. The summed E-state index contributed by atoms with van der Waals surface area (Å²) in [5, 5.41) is 0. The molecule has 6 heteroatoms. The number of ether oxygens (including phenoxy) is 3. The van der Waals surface area contributed by atoms with E-state index in [1.165, 1.54) is 122 Å². The molecule has 0 aromatic carbocycles. The molecule has 0 bridgehead atoms. The van der Waals surface area contributed by atoms with Crippen molar-refractivity contribution in [2.24, 2.45) is 0 Å². The van der Waals surface area contributed by atoms with Crippen LogP contribution in [0, 0.1) is 0 Å². The van der Waals surface area contributed by atoms with Gasteiger partial charge in [-0.2, -0.15) is 0 Å². The van der Waals surface area contributed by atoms with Crippen LogP contribution in [0.5, 0.6) is 0 Å². The third-order valence-electron chi connectivity index (χ3n) is 13.0. The van der Waals surface area contributed by atoms with Crippen molar-refractivity contribution in [2.45, 2.75) is 297 Å². The Labute approximate surface area is 451 Å². The van der Waals surface area contributed by atoms with Gasteiger partial charge in [-0.25, -0.2) is 0 Å². The highest BCUT2D eigenvalue weighted by atomic mass is 16.6. The van der Waals surface area contributed by atoms with Crippen LogP contribution < -0.4 is 0 Å². The first kappa shape index (κ1) is 69.3. The fourth-order valence-electron chi connectivity index (χ4n) is 8.43. The van der Waals surface area contributed by atoms with Crippen LogP contribution in [0.25, 0.3) is 0 Å². The molecule has 0 rings (SSSR count). The number of allylic oxidation sites excluding steroid dienone is 16. The molecule has 1 unspecified atom stereocenters. The minimum Gasteiger partial charge on any atom is -0.462 e. The number of hydrogen-bond acceptors (Lipinski definition) is 6. The Bertz CT molecular complexity index is 1440. The predicted molar refractivity (Wildman–Crippen MR) is 316 cm³/mol. The van der Waals surface area contributed by atoms with Gasteiger partial charge in [-0.1, -0.05) is 259 Å². The molecule has 0 aliphatic rings. The molecular weight excluding hydrogens is 901 g/mol. The summed E-state index contributed by atoms with van der Waals surface area (Å²) in [7, 11) is 0. The van der Waals surface area contributed by atoms with Crippen LogP contribution in [0.3, 0.4) is 0 Å². The second-order valence-corrected chi connectivity index (χ2v) is 20.2. The van der Waals surface area contributed by atoms with Gasteiger partial charge in [0, 0.05) is 19.3 Å². The van der Waals surface area contributed by atoms with Gasteiger partial charge in [0.1, 0.15) is 13.2 Å². The fraction of sp³-hybridized carbons (Fsp3) is 0.716. The van der Waals surface area contributed by atoms with Crippen LogP contribution in [0.4, 0.5) is 0 Å². The smallest absolute Gasteiger partial charge is 0.306 e. The highest BCUT2D eigenvalue weighted by molar-refractivity contribution is 5.71. The van der Waals surface area contributed by atoms with Crippen LogP contribution >= 0.6 is 0 Å². The molecule has 418 valence electrons. The van der Waals surface area contributed by atoms with Crippen LogP contribution in [0.1, 0.15) is 290 Å². The second-order valence-electron chi connectivity index (χ2n) is 20.2. The molecule has 0 fully saturated rings. The third kappa shape index (κ3) is 59.1. The van der Waals surface area contributed by atoms with Gasteiger partial charge in [0.15, 0.2) is 6.10 Å². The van der Waals surface area contributed by atoms with Gasteiger partial charge in [-0.3, -0.25) is 14.4 Å². The van der Waals surface area contributed by atoms with Crippen molar-refractivity contribution < 1.29 is 28.6 Å². The Morgan fingerprint density at radius 3 is 0.904 bits per heavy atom. The zero-order valence-corrected chi connectivity index (χ0v) is 47.9. The lowest BCUT2D eigenvalue weighted by Gasteiger charge is -2.18. The largest absolute Gasteiger partial charge is 0.462 e. The minimum atomic E-state index is -0.787. The number of carbonyl (C=O) groups excluding carboxylic acids is 3. The molecule has 0 aromatic rings. The van der Waals surface area contributed by atoms with E-state index in [1.54, 1.807) is 0 Å². The van der Waals surface area contributed by atoms with Gasteiger partial charge in [-0.15, -0.1) is 0 Å².